The minimum absolute atomic E-state index is 0.0256. The molecular formula is C50H52N10O6S. The number of amides is 1. The maximum atomic E-state index is 14.3. The van der Waals surface area contributed by atoms with Gasteiger partial charge in [-0.25, -0.2) is 14.7 Å². The Hall–Kier alpha value is -6.85. The number of nitrogens with one attached hydrogen (secondary N) is 3. The fraction of sp³-hybridized carbons (Fsp3) is 0.360. The molecular weight excluding hydrogens is 869 g/mol. The molecule has 1 unspecified atom stereocenters. The molecule has 3 fully saturated rings. The second-order valence-corrected chi connectivity index (χ2v) is 20.6. The smallest absolute Gasteiger partial charge is 0.300 e. The fourth-order valence-electron chi connectivity index (χ4n) is 11.1. The summed E-state index contributed by atoms with van der Waals surface area (Å²) in [5.74, 6) is -0.693. The molecule has 4 aliphatic rings. The first-order chi connectivity index (χ1) is 32.4. The third-order valence-corrected chi connectivity index (χ3v) is 15.7. The summed E-state index contributed by atoms with van der Waals surface area (Å²) < 4.78 is 37.8. The van der Waals surface area contributed by atoms with E-state index in [4.69, 9.17) is 9.72 Å². The second-order valence-electron chi connectivity index (χ2n) is 19.0. The van der Waals surface area contributed by atoms with E-state index in [9.17, 15) is 23.3 Å². The average molecular weight is 921 g/mol. The molecule has 1 amide bonds. The van der Waals surface area contributed by atoms with E-state index in [1.54, 1.807) is 23.1 Å². The molecule has 4 aromatic heterocycles. The number of anilines is 2. The Morgan fingerprint density at radius 2 is 1.78 bits per heavy atom. The van der Waals surface area contributed by atoms with Crippen LogP contribution >= 0.6 is 0 Å². The lowest BCUT2D eigenvalue weighted by Crippen LogP contribution is -2.55. The van der Waals surface area contributed by atoms with Gasteiger partial charge in [0.1, 0.15) is 12.1 Å². The number of aromatic amines is 1. The predicted molar refractivity (Wildman–Crippen MR) is 255 cm³/mol. The maximum absolute atomic E-state index is 14.3. The summed E-state index contributed by atoms with van der Waals surface area (Å²) in [7, 11) is -4.76. The number of sulfonamides is 1. The Labute approximate surface area is 387 Å². The molecule has 67 heavy (non-hydrogen) atoms. The molecule has 2 saturated heterocycles. The number of benzene rings is 3. The Morgan fingerprint density at radius 3 is 2.57 bits per heavy atom. The summed E-state index contributed by atoms with van der Waals surface area (Å²) in [6.07, 6.45) is 10.8. The lowest BCUT2D eigenvalue weighted by atomic mass is 9.59. The first kappa shape index (κ1) is 42.8. The third kappa shape index (κ3) is 7.92. The van der Waals surface area contributed by atoms with Gasteiger partial charge in [0.05, 0.1) is 33.8 Å². The molecule has 0 bridgehead atoms. The van der Waals surface area contributed by atoms with Crippen LogP contribution in [0.1, 0.15) is 91.4 Å². The van der Waals surface area contributed by atoms with Gasteiger partial charge in [-0.1, -0.05) is 68.4 Å². The van der Waals surface area contributed by atoms with E-state index in [-0.39, 0.29) is 29.8 Å². The molecule has 11 rings (SSSR count). The molecule has 16 nitrogen and oxygen atoms in total. The Kier molecular flexibility index (Phi) is 10.7. The number of aromatic nitrogens is 5. The van der Waals surface area contributed by atoms with Crippen molar-refractivity contribution in [3.63, 3.8) is 0 Å². The van der Waals surface area contributed by atoms with Crippen molar-refractivity contribution in [1.29, 1.82) is 0 Å². The molecule has 7 aromatic rings. The van der Waals surface area contributed by atoms with Crippen molar-refractivity contribution in [1.82, 2.24) is 34.4 Å². The van der Waals surface area contributed by atoms with Gasteiger partial charge in [-0.05, 0) is 110 Å². The van der Waals surface area contributed by atoms with E-state index in [1.165, 1.54) is 36.8 Å². The zero-order valence-corrected chi connectivity index (χ0v) is 38.2. The van der Waals surface area contributed by atoms with Crippen molar-refractivity contribution in [3.8, 4) is 11.6 Å². The Balaban J connectivity index is 0.846. The molecule has 7 heterocycles. The molecule has 1 saturated carbocycles. The van der Waals surface area contributed by atoms with E-state index in [0.717, 1.165) is 55.2 Å². The number of nitrogens with zero attached hydrogens (tertiary/aromatic N) is 7. The van der Waals surface area contributed by atoms with E-state index in [2.05, 4.69) is 73.0 Å². The van der Waals surface area contributed by atoms with Crippen LogP contribution in [0.15, 0.2) is 108 Å². The molecule has 2 atom stereocenters. The number of nitro groups is 1. The minimum atomic E-state index is -4.76. The fourth-order valence-corrected chi connectivity index (χ4v) is 12.0. The molecule has 0 radical (unpaired) electrons. The van der Waals surface area contributed by atoms with Gasteiger partial charge in [0.2, 0.25) is 5.88 Å². The number of piperidine rings is 1. The number of carbonyl (C=O) groups is 1. The second kappa shape index (κ2) is 16.8. The summed E-state index contributed by atoms with van der Waals surface area (Å²) >= 11 is 0. The molecule has 1 spiro atoms. The quantitative estimate of drug-likeness (QED) is 0.0830. The van der Waals surface area contributed by atoms with Crippen molar-refractivity contribution >= 4 is 55.1 Å². The molecule has 3 N–H and O–H groups in total. The van der Waals surface area contributed by atoms with Gasteiger partial charge in [0.15, 0.2) is 16.4 Å². The number of H-pyrrole nitrogens is 1. The van der Waals surface area contributed by atoms with Gasteiger partial charge in [-0.3, -0.25) is 29.6 Å². The van der Waals surface area contributed by atoms with Crippen molar-refractivity contribution < 1.29 is 22.9 Å². The van der Waals surface area contributed by atoms with Crippen LogP contribution in [-0.2, 0) is 16.4 Å². The van der Waals surface area contributed by atoms with Crippen LogP contribution in [0.5, 0.6) is 5.88 Å². The van der Waals surface area contributed by atoms with Gasteiger partial charge in [-0.2, -0.15) is 13.4 Å². The highest BCUT2D eigenvalue weighted by Gasteiger charge is 2.50. The topological polar surface area (TPSA) is 194 Å². The highest BCUT2D eigenvalue weighted by Crippen LogP contribution is 2.54. The number of hydrogen-bond donors (Lipinski definition) is 3. The monoisotopic (exact) mass is 920 g/mol. The first-order valence-corrected chi connectivity index (χ1v) is 24.7. The number of fused-ring (bicyclic) bond motifs is 3. The van der Waals surface area contributed by atoms with Gasteiger partial charge in [0, 0.05) is 48.6 Å². The molecule has 3 aliphatic heterocycles. The van der Waals surface area contributed by atoms with Crippen LogP contribution in [0, 0.1) is 15.5 Å². The van der Waals surface area contributed by atoms with Gasteiger partial charge >= 0.3 is 5.69 Å². The van der Waals surface area contributed by atoms with E-state index in [0.29, 0.717) is 52.2 Å². The maximum Gasteiger partial charge on any atom is 0.300 e. The largest absolute Gasteiger partial charge is 0.474 e. The average Bonchev–Trinajstić information content (AvgIpc) is 4.10. The highest BCUT2D eigenvalue weighted by atomic mass is 32.2. The van der Waals surface area contributed by atoms with E-state index < -0.39 is 31.6 Å². The van der Waals surface area contributed by atoms with Crippen LogP contribution in [0.25, 0.3) is 27.8 Å². The highest BCUT2D eigenvalue weighted by molar-refractivity contribution is 7.90. The molecule has 17 heteroatoms. The SMILES string of the molecule is CC(C)c1ccccc1C1CCCN1C1CC2(CCN(c3ccc(C(=O)NS(=O)(=O)c4cc([N+](=O)[O-])c5c(n4)OC[C@H](Cc4ccccc4)N5)c(-n4[nH]cc5nc6nccc6cc54)c3)CC2)C1. The molecule has 1 aliphatic carbocycles. The summed E-state index contributed by atoms with van der Waals surface area (Å²) in [5, 5.41) is 18.8. The van der Waals surface area contributed by atoms with Crippen molar-refractivity contribution in [2.45, 2.75) is 87.9 Å². The summed E-state index contributed by atoms with van der Waals surface area (Å²) in [6, 6.07) is 29.3. The number of carbonyl (C=O) groups excluding carboxylic acids is 1. The lowest BCUT2D eigenvalue weighted by Gasteiger charge is -2.56. The minimum Gasteiger partial charge on any atom is -0.474 e. The van der Waals surface area contributed by atoms with Crippen LogP contribution in [-0.4, -0.2) is 87.2 Å². The summed E-state index contributed by atoms with van der Waals surface area (Å²) in [4.78, 5) is 44.4. The third-order valence-electron chi connectivity index (χ3n) is 14.5. The Morgan fingerprint density at radius 1 is 0.985 bits per heavy atom. The zero-order chi connectivity index (χ0) is 46.0. The van der Waals surface area contributed by atoms with Crippen molar-refractivity contribution in [2.75, 3.05) is 36.5 Å². The van der Waals surface area contributed by atoms with Gasteiger partial charge < -0.3 is 15.0 Å². The van der Waals surface area contributed by atoms with E-state index >= 15 is 0 Å². The number of likely N-dealkylation sites (tertiary alicyclic amines) is 1. The van der Waals surface area contributed by atoms with Crippen LogP contribution in [0.4, 0.5) is 17.1 Å². The Bertz CT molecular complexity index is 3160. The first-order valence-electron chi connectivity index (χ1n) is 23.2. The standard InChI is InChI=1S/C50H52N10O6S/c1-31(2)37-11-6-7-12-38(37)41-13-8-20-58(41)36-27-50(28-36)17-21-57(22-18-50)35-14-15-39(42(25-35)59-43-24-33-16-19-51-47(33)54-40(43)29-52-59)48(61)56-67(64,65)45-26-44(60(62)63)46-49(55-45)66-30-34(53-46)23-32-9-4-3-5-10-32/h3-7,9-12,14-16,19,24-26,29,31,34,36,41,52-53H,8,13,17-18,20-23,27-28,30H2,1-2H3,(H,56,61)/t34-,41?/m0/s1. The van der Waals surface area contributed by atoms with Crippen molar-refractivity contribution in [3.05, 3.63) is 136 Å². The van der Waals surface area contributed by atoms with E-state index in [1.807, 2.05) is 54.6 Å². The normalized spacial score (nSPS) is 19.6. The van der Waals surface area contributed by atoms with Crippen LogP contribution in [0.3, 0.4) is 0 Å². The number of ether oxygens (including phenoxy) is 1. The zero-order valence-electron chi connectivity index (χ0n) is 37.4. The lowest BCUT2D eigenvalue weighted by molar-refractivity contribution is -0.384. The summed E-state index contributed by atoms with van der Waals surface area (Å²) in [6.45, 7) is 7.50. The number of hydrogen-bond acceptors (Lipinski definition) is 12. The molecule has 3 aromatic carbocycles. The number of rotatable bonds is 11. The van der Waals surface area contributed by atoms with Gasteiger partial charge in [0.25, 0.3) is 15.9 Å². The summed E-state index contributed by atoms with van der Waals surface area (Å²) in [5.41, 5.74) is 6.86. The van der Waals surface area contributed by atoms with Crippen LogP contribution in [0.2, 0.25) is 0 Å². The predicted octanol–water partition coefficient (Wildman–Crippen LogP) is 8.45. The van der Waals surface area contributed by atoms with Crippen LogP contribution < -0.4 is 19.7 Å². The molecule has 344 valence electrons. The van der Waals surface area contributed by atoms with Gasteiger partial charge in [-0.15, -0.1) is 0 Å². The number of pyridine rings is 2. The van der Waals surface area contributed by atoms with Crippen molar-refractivity contribution in [2.24, 2.45) is 5.41 Å².